The molecular formula is C15H26N2O3. The highest BCUT2D eigenvalue weighted by Gasteiger charge is 2.46. The Morgan fingerprint density at radius 2 is 2.00 bits per heavy atom. The highest BCUT2D eigenvalue weighted by atomic mass is 16.4. The van der Waals surface area contributed by atoms with Crippen molar-refractivity contribution in [2.75, 3.05) is 19.6 Å². The zero-order chi connectivity index (χ0) is 14.8. The third-order valence-electron chi connectivity index (χ3n) is 5.14. The smallest absolute Gasteiger partial charge is 0.326 e. The maximum Gasteiger partial charge on any atom is 0.326 e. The summed E-state index contributed by atoms with van der Waals surface area (Å²) in [6, 6.07) is -0.644. The zero-order valence-corrected chi connectivity index (χ0v) is 12.5. The van der Waals surface area contributed by atoms with Crippen molar-refractivity contribution in [1.29, 1.82) is 0 Å². The van der Waals surface area contributed by atoms with Gasteiger partial charge in [-0.15, -0.1) is 0 Å². The van der Waals surface area contributed by atoms with Crippen LogP contribution in [0.5, 0.6) is 0 Å². The van der Waals surface area contributed by atoms with Crippen molar-refractivity contribution in [3.8, 4) is 0 Å². The number of aliphatic carboxylic acids is 1. The summed E-state index contributed by atoms with van der Waals surface area (Å²) >= 11 is 0. The molecule has 2 saturated heterocycles. The second-order valence-electron chi connectivity index (χ2n) is 6.29. The lowest BCUT2D eigenvalue weighted by Crippen LogP contribution is -2.57. The van der Waals surface area contributed by atoms with Gasteiger partial charge in [0.15, 0.2) is 0 Å². The van der Waals surface area contributed by atoms with Crippen molar-refractivity contribution in [3.63, 3.8) is 0 Å². The Bertz CT molecular complexity index is 377. The van der Waals surface area contributed by atoms with Gasteiger partial charge in [0, 0.05) is 6.54 Å². The van der Waals surface area contributed by atoms with Crippen molar-refractivity contribution >= 4 is 11.9 Å². The molecule has 2 aliphatic rings. The first kappa shape index (κ1) is 15.3. The van der Waals surface area contributed by atoms with Crippen molar-refractivity contribution < 1.29 is 14.7 Å². The maximum absolute atomic E-state index is 13.0. The van der Waals surface area contributed by atoms with Gasteiger partial charge >= 0.3 is 5.97 Å². The van der Waals surface area contributed by atoms with Gasteiger partial charge < -0.3 is 15.3 Å². The fourth-order valence-electron chi connectivity index (χ4n) is 3.72. The number of hydrogen-bond donors (Lipinski definition) is 2. The normalized spacial score (nSPS) is 30.0. The molecule has 2 N–H and O–H groups in total. The molecule has 2 unspecified atom stereocenters. The van der Waals surface area contributed by atoms with Crippen molar-refractivity contribution in [3.05, 3.63) is 0 Å². The fraction of sp³-hybridized carbons (Fsp3) is 0.867. The van der Waals surface area contributed by atoms with Gasteiger partial charge in [-0.2, -0.15) is 0 Å². The van der Waals surface area contributed by atoms with E-state index in [1.54, 1.807) is 4.90 Å². The number of carboxylic acid groups (broad SMARTS) is 1. The average Bonchev–Trinajstić information content (AvgIpc) is 2.46. The lowest BCUT2D eigenvalue weighted by atomic mass is 9.74. The van der Waals surface area contributed by atoms with Gasteiger partial charge in [0.1, 0.15) is 6.04 Å². The number of rotatable bonds is 3. The number of hydrogen-bond acceptors (Lipinski definition) is 3. The van der Waals surface area contributed by atoms with Crippen LogP contribution in [0.15, 0.2) is 0 Å². The quantitative estimate of drug-likeness (QED) is 0.822. The summed E-state index contributed by atoms with van der Waals surface area (Å²) in [5, 5.41) is 12.8. The minimum atomic E-state index is -0.856. The van der Waals surface area contributed by atoms with Crippen molar-refractivity contribution in [1.82, 2.24) is 10.2 Å². The predicted octanol–water partition coefficient (Wildman–Crippen LogP) is 1.48. The maximum atomic E-state index is 13.0. The Morgan fingerprint density at radius 1 is 1.35 bits per heavy atom. The Balaban J connectivity index is 2.22. The topological polar surface area (TPSA) is 69.6 Å². The van der Waals surface area contributed by atoms with E-state index in [1.807, 2.05) is 13.8 Å². The second kappa shape index (κ2) is 6.12. The molecule has 0 aromatic heterocycles. The summed E-state index contributed by atoms with van der Waals surface area (Å²) in [7, 11) is 0. The number of carbonyl (C=O) groups excluding carboxylic acids is 1. The zero-order valence-electron chi connectivity index (χ0n) is 12.5. The summed E-state index contributed by atoms with van der Waals surface area (Å²) in [4.78, 5) is 26.2. The van der Waals surface area contributed by atoms with Gasteiger partial charge in [0.2, 0.25) is 5.91 Å². The van der Waals surface area contributed by atoms with Gasteiger partial charge in [-0.25, -0.2) is 4.79 Å². The first-order valence-electron chi connectivity index (χ1n) is 7.76. The Hall–Kier alpha value is -1.10. The van der Waals surface area contributed by atoms with E-state index in [-0.39, 0.29) is 17.2 Å². The van der Waals surface area contributed by atoms with Crippen LogP contribution in [0.1, 0.15) is 46.0 Å². The molecule has 0 aromatic rings. The van der Waals surface area contributed by atoms with Gasteiger partial charge in [-0.05, 0) is 51.1 Å². The molecule has 0 saturated carbocycles. The average molecular weight is 282 g/mol. The summed E-state index contributed by atoms with van der Waals surface area (Å²) in [5.74, 6) is -0.744. The molecule has 5 heteroatoms. The van der Waals surface area contributed by atoms with E-state index in [9.17, 15) is 14.7 Å². The van der Waals surface area contributed by atoms with Crippen LogP contribution >= 0.6 is 0 Å². The first-order valence-corrected chi connectivity index (χ1v) is 7.76. The molecule has 5 nitrogen and oxygen atoms in total. The largest absolute Gasteiger partial charge is 0.480 e. The Morgan fingerprint density at radius 3 is 2.55 bits per heavy atom. The van der Waals surface area contributed by atoms with Crippen LogP contribution in [0, 0.1) is 11.3 Å². The molecule has 2 rings (SSSR count). The first-order chi connectivity index (χ1) is 9.52. The highest BCUT2D eigenvalue weighted by Crippen LogP contribution is 2.37. The van der Waals surface area contributed by atoms with E-state index in [0.717, 1.165) is 45.2 Å². The van der Waals surface area contributed by atoms with Crippen LogP contribution in [0.4, 0.5) is 0 Å². The predicted molar refractivity (Wildman–Crippen MR) is 76.4 cm³/mol. The molecule has 2 fully saturated rings. The van der Waals surface area contributed by atoms with E-state index in [1.165, 1.54) is 0 Å². The number of nitrogens with one attached hydrogen (secondary N) is 1. The molecule has 2 heterocycles. The minimum absolute atomic E-state index is 0.0424. The van der Waals surface area contributed by atoms with E-state index in [4.69, 9.17) is 0 Å². The number of carbonyl (C=O) groups is 2. The highest BCUT2D eigenvalue weighted by molar-refractivity contribution is 5.88. The summed E-state index contributed by atoms with van der Waals surface area (Å²) in [5.41, 5.74) is -0.351. The van der Waals surface area contributed by atoms with Gasteiger partial charge in [0.05, 0.1) is 5.41 Å². The number of likely N-dealkylation sites (tertiary alicyclic amines) is 1. The Labute approximate surface area is 120 Å². The molecule has 2 atom stereocenters. The van der Waals surface area contributed by atoms with E-state index in [2.05, 4.69) is 5.32 Å². The van der Waals surface area contributed by atoms with Crippen molar-refractivity contribution in [2.45, 2.75) is 52.0 Å². The molecular weight excluding hydrogens is 256 g/mol. The number of piperidine rings is 2. The molecule has 0 spiro atoms. The van der Waals surface area contributed by atoms with E-state index >= 15 is 0 Å². The molecule has 1 amide bonds. The van der Waals surface area contributed by atoms with Crippen LogP contribution < -0.4 is 5.32 Å². The van der Waals surface area contributed by atoms with Crippen LogP contribution in [0.3, 0.4) is 0 Å². The Kier molecular flexibility index (Phi) is 4.68. The fourth-order valence-corrected chi connectivity index (χ4v) is 3.72. The number of carboxylic acids is 1. The molecule has 0 aliphatic carbocycles. The number of nitrogens with zero attached hydrogens (tertiary/aromatic N) is 1. The lowest BCUT2D eigenvalue weighted by Gasteiger charge is -2.44. The third-order valence-corrected chi connectivity index (χ3v) is 5.14. The molecule has 2 aliphatic heterocycles. The summed E-state index contributed by atoms with van der Waals surface area (Å²) in [6.07, 6.45) is 4.24. The summed E-state index contributed by atoms with van der Waals surface area (Å²) in [6.45, 7) is 6.28. The SMILES string of the molecule is CCC1(C(=O)N2CCCC(C)C2C(=O)O)CCNCC1. The van der Waals surface area contributed by atoms with E-state index in [0.29, 0.717) is 6.54 Å². The van der Waals surface area contributed by atoms with Crippen molar-refractivity contribution in [2.24, 2.45) is 11.3 Å². The van der Waals surface area contributed by atoms with Crippen LogP contribution in [-0.2, 0) is 9.59 Å². The molecule has 0 aromatic carbocycles. The van der Waals surface area contributed by atoms with E-state index < -0.39 is 12.0 Å². The number of amides is 1. The standard InChI is InChI=1S/C15H26N2O3/c1-3-15(6-8-16-9-7-15)14(20)17-10-4-5-11(2)12(17)13(18)19/h11-12,16H,3-10H2,1-2H3,(H,18,19). The third kappa shape index (κ3) is 2.68. The summed E-state index contributed by atoms with van der Waals surface area (Å²) < 4.78 is 0. The van der Waals surface area contributed by atoms with Crippen LogP contribution in [0.25, 0.3) is 0 Å². The molecule has 0 bridgehead atoms. The monoisotopic (exact) mass is 282 g/mol. The lowest BCUT2D eigenvalue weighted by molar-refractivity contribution is -0.161. The molecule has 114 valence electrons. The van der Waals surface area contributed by atoms with Gasteiger partial charge in [-0.1, -0.05) is 13.8 Å². The molecule has 0 radical (unpaired) electrons. The minimum Gasteiger partial charge on any atom is -0.480 e. The van der Waals surface area contributed by atoms with Crippen LogP contribution in [-0.4, -0.2) is 47.6 Å². The van der Waals surface area contributed by atoms with Crippen LogP contribution in [0.2, 0.25) is 0 Å². The molecule has 20 heavy (non-hydrogen) atoms. The second-order valence-corrected chi connectivity index (χ2v) is 6.29. The van der Waals surface area contributed by atoms with Gasteiger partial charge in [0.25, 0.3) is 0 Å². The van der Waals surface area contributed by atoms with Gasteiger partial charge in [-0.3, -0.25) is 4.79 Å².